The van der Waals surface area contributed by atoms with E-state index in [1.165, 1.54) is 23.6 Å². The van der Waals surface area contributed by atoms with Gasteiger partial charge in [0.15, 0.2) is 5.11 Å². The Hall–Kier alpha value is -1.22. The molecular weight excluding hydrogens is 370 g/mol. The molecule has 144 valence electrons. The van der Waals surface area contributed by atoms with Crippen molar-refractivity contribution in [1.82, 2.24) is 9.62 Å². The van der Waals surface area contributed by atoms with Crippen LogP contribution < -0.4 is 10.6 Å². The van der Waals surface area contributed by atoms with E-state index in [-0.39, 0.29) is 0 Å². The van der Waals surface area contributed by atoms with E-state index >= 15 is 0 Å². The summed E-state index contributed by atoms with van der Waals surface area (Å²) in [6.45, 7) is 3.47. The average Bonchev–Trinajstić information content (AvgIpc) is 2.64. The lowest BCUT2D eigenvalue weighted by atomic mass is 9.96. The molecule has 0 bridgehead atoms. The van der Waals surface area contributed by atoms with Crippen LogP contribution in [0.2, 0.25) is 0 Å². The molecular formula is C18H27N3O3S2. The molecule has 8 heteroatoms. The lowest BCUT2D eigenvalue weighted by Crippen LogP contribution is -2.41. The zero-order chi connectivity index (χ0) is 18.6. The Morgan fingerprint density at radius 3 is 2.58 bits per heavy atom. The number of hydrogen-bond donors (Lipinski definition) is 2. The largest absolute Gasteiger partial charge is 0.379 e. The molecule has 1 saturated heterocycles. The molecule has 2 aliphatic rings. The van der Waals surface area contributed by atoms with E-state index in [1.807, 2.05) is 19.1 Å². The Kier molecular flexibility index (Phi) is 6.50. The third-order valence-electron chi connectivity index (χ3n) is 4.97. The summed E-state index contributed by atoms with van der Waals surface area (Å²) in [5.74, 6) is 0. The molecule has 3 rings (SSSR count). The minimum Gasteiger partial charge on any atom is -0.379 e. The highest BCUT2D eigenvalue weighted by Crippen LogP contribution is 2.24. The maximum Gasteiger partial charge on any atom is 0.243 e. The lowest BCUT2D eigenvalue weighted by molar-refractivity contribution is 0.0730. The quantitative estimate of drug-likeness (QED) is 0.761. The van der Waals surface area contributed by atoms with Crippen molar-refractivity contribution in [3.63, 3.8) is 0 Å². The Labute approximate surface area is 161 Å². The monoisotopic (exact) mass is 397 g/mol. The van der Waals surface area contributed by atoms with Gasteiger partial charge in [-0.2, -0.15) is 4.31 Å². The predicted octanol–water partition coefficient (Wildman–Crippen LogP) is 2.64. The number of morpholine rings is 1. The number of anilines is 1. The van der Waals surface area contributed by atoms with Crippen LogP contribution in [-0.2, 0) is 14.8 Å². The Bertz CT molecular complexity index is 740. The second-order valence-electron chi connectivity index (χ2n) is 6.93. The molecule has 0 radical (unpaired) electrons. The summed E-state index contributed by atoms with van der Waals surface area (Å²) in [6.07, 6.45) is 6.01. The van der Waals surface area contributed by atoms with E-state index in [4.69, 9.17) is 17.0 Å². The summed E-state index contributed by atoms with van der Waals surface area (Å²) in [4.78, 5) is 0.324. The molecule has 0 aromatic heterocycles. The molecule has 26 heavy (non-hydrogen) atoms. The van der Waals surface area contributed by atoms with Gasteiger partial charge in [0.25, 0.3) is 0 Å². The average molecular weight is 398 g/mol. The summed E-state index contributed by atoms with van der Waals surface area (Å²) in [7, 11) is -3.53. The number of ether oxygens (including phenoxy) is 1. The summed E-state index contributed by atoms with van der Waals surface area (Å²) < 4.78 is 32.7. The highest BCUT2D eigenvalue weighted by Gasteiger charge is 2.28. The minimum absolute atomic E-state index is 0.324. The van der Waals surface area contributed by atoms with Crippen molar-refractivity contribution in [2.75, 3.05) is 31.6 Å². The van der Waals surface area contributed by atoms with E-state index in [1.54, 1.807) is 6.07 Å². The molecule has 0 amide bonds. The molecule has 1 heterocycles. The Morgan fingerprint density at radius 1 is 1.19 bits per heavy atom. The molecule has 2 fully saturated rings. The molecule has 6 nitrogen and oxygen atoms in total. The van der Waals surface area contributed by atoms with Crippen LogP contribution in [-0.4, -0.2) is 50.2 Å². The third kappa shape index (κ3) is 4.73. The number of nitrogens with one attached hydrogen (secondary N) is 2. The Morgan fingerprint density at radius 2 is 1.88 bits per heavy atom. The van der Waals surface area contributed by atoms with Crippen molar-refractivity contribution >= 4 is 33.0 Å². The fourth-order valence-corrected chi connectivity index (χ4v) is 5.42. The summed E-state index contributed by atoms with van der Waals surface area (Å²) in [6, 6.07) is 5.77. The number of benzene rings is 1. The van der Waals surface area contributed by atoms with Crippen LogP contribution >= 0.6 is 12.2 Å². The third-order valence-corrected chi connectivity index (χ3v) is 7.23. The van der Waals surface area contributed by atoms with Gasteiger partial charge in [0, 0.05) is 24.8 Å². The first-order chi connectivity index (χ1) is 12.5. The molecule has 2 N–H and O–H groups in total. The van der Waals surface area contributed by atoms with Crippen LogP contribution in [0.4, 0.5) is 5.69 Å². The van der Waals surface area contributed by atoms with Gasteiger partial charge in [-0.15, -0.1) is 0 Å². The molecule has 1 aliphatic carbocycles. The van der Waals surface area contributed by atoms with Gasteiger partial charge in [0.2, 0.25) is 10.0 Å². The number of thiocarbonyl (C=S) groups is 1. The van der Waals surface area contributed by atoms with Gasteiger partial charge in [-0.25, -0.2) is 8.42 Å². The smallest absolute Gasteiger partial charge is 0.243 e. The van der Waals surface area contributed by atoms with E-state index in [0.717, 1.165) is 18.4 Å². The minimum atomic E-state index is -3.53. The second kappa shape index (κ2) is 8.65. The molecule has 0 spiro atoms. The zero-order valence-corrected chi connectivity index (χ0v) is 16.8. The lowest BCUT2D eigenvalue weighted by Gasteiger charge is -2.27. The highest BCUT2D eigenvalue weighted by molar-refractivity contribution is 7.89. The van der Waals surface area contributed by atoms with Crippen LogP contribution in [0.1, 0.15) is 37.7 Å². The number of nitrogens with zero attached hydrogens (tertiary/aromatic N) is 1. The fourth-order valence-electron chi connectivity index (χ4n) is 3.48. The highest BCUT2D eigenvalue weighted by atomic mass is 32.2. The van der Waals surface area contributed by atoms with Crippen LogP contribution in [0, 0.1) is 6.92 Å². The molecule has 1 saturated carbocycles. The van der Waals surface area contributed by atoms with Gasteiger partial charge >= 0.3 is 0 Å². The fraction of sp³-hybridized carbons (Fsp3) is 0.611. The number of aryl methyl sites for hydroxylation is 1. The molecule has 0 unspecified atom stereocenters. The molecule has 1 aromatic carbocycles. The van der Waals surface area contributed by atoms with Crippen molar-refractivity contribution in [2.24, 2.45) is 0 Å². The van der Waals surface area contributed by atoms with Crippen molar-refractivity contribution in [3.8, 4) is 0 Å². The van der Waals surface area contributed by atoms with Crippen molar-refractivity contribution < 1.29 is 13.2 Å². The molecule has 1 aromatic rings. The summed E-state index contributed by atoms with van der Waals surface area (Å²) >= 11 is 5.41. The van der Waals surface area contributed by atoms with Crippen LogP contribution in [0.25, 0.3) is 0 Å². The van der Waals surface area contributed by atoms with Crippen molar-refractivity contribution in [1.29, 1.82) is 0 Å². The van der Waals surface area contributed by atoms with Crippen LogP contribution in [0.3, 0.4) is 0 Å². The summed E-state index contributed by atoms with van der Waals surface area (Å²) in [5.41, 5.74) is 1.42. The van der Waals surface area contributed by atoms with Crippen molar-refractivity contribution in [3.05, 3.63) is 23.8 Å². The topological polar surface area (TPSA) is 70.7 Å². The van der Waals surface area contributed by atoms with Crippen LogP contribution in [0.5, 0.6) is 0 Å². The van der Waals surface area contributed by atoms with E-state index in [0.29, 0.717) is 48.0 Å². The van der Waals surface area contributed by atoms with Gasteiger partial charge in [0.1, 0.15) is 0 Å². The van der Waals surface area contributed by atoms with Gasteiger partial charge < -0.3 is 15.4 Å². The second-order valence-corrected chi connectivity index (χ2v) is 9.24. The van der Waals surface area contributed by atoms with Crippen molar-refractivity contribution in [2.45, 2.75) is 50.0 Å². The first-order valence-corrected chi connectivity index (χ1v) is 11.1. The first-order valence-electron chi connectivity index (χ1n) is 9.23. The number of sulfonamides is 1. The number of hydrogen-bond acceptors (Lipinski definition) is 4. The standard InChI is InChI=1S/C18H27N3O3S2/c1-14-7-8-16(20-18(25)19-15-5-3-2-4-6-15)13-17(14)26(22,23)21-9-11-24-12-10-21/h7-8,13,15H,2-6,9-12H2,1H3,(H2,19,20,25). The van der Waals surface area contributed by atoms with E-state index in [9.17, 15) is 8.42 Å². The molecule has 0 atom stereocenters. The maximum atomic E-state index is 13.0. The SMILES string of the molecule is Cc1ccc(NC(=S)NC2CCCCC2)cc1S(=O)(=O)N1CCOCC1. The van der Waals surface area contributed by atoms with Gasteiger partial charge in [0.05, 0.1) is 18.1 Å². The summed E-state index contributed by atoms with van der Waals surface area (Å²) in [5, 5.41) is 7.04. The van der Waals surface area contributed by atoms with Gasteiger partial charge in [-0.1, -0.05) is 25.3 Å². The van der Waals surface area contributed by atoms with E-state index in [2.05, 4.69) is 10.6 Å². The van der Waals surface area contributed by atoms with Gasteiger partial charge in [-0.05, 0) is 49.7 Å². The Balaban J connectivity index is 1.71. The zero-order valence-electron chi connectivity index (χ0n) is 15.2. The first kappa shape index (κ1) is 19.5. The molecule has 1 aliphatic heterocycles. The van der Waals surface area contributed by atoms with Gasteiger partial charge in [-0.3, -0.25) is 0 Å². The normalized spacial score (nSPS) is 19.9. The maximum absolute atomic E-state index is 13.0. The number of rotatable bonds is 4. The van der Waals surface area contributed by atoms with Crippen LogP contribution in [0.15, 0.2) is 23.1 Å². The predicted molar refractivity (Wildman–Crippen MR) is 107 cm³/mol. The van der Waals surface area contributed by atoms with E-state index < -0.39 is 10.0 Å².